The largest absolute Gasteiger partial charge is 0.461 e. The van der Waals surface area contributed by atoms with Gasteiger partial charge in [-0.15, -0.1) is 0 Å². The van der Waals surface area contributed by atoms with Crippen LogP contribution in [0, 0.1) is 23.7 Å². The van der Waals surface area contributed by atoms with Crippen molar-refractivity contribution >= 4 is 17.7 Å². The van der Waals surface area contributed by atoms with Gasteiger partial charge in [-0.1, -0.05) is 12.1 Å². The lowest BCUT2D eigenvalue weighted by Gasteiger charge is -2.57. The molecular formula is C26H33NO7. The van der Waals surface area contributed by atoms with Crippen LogP contribution in [0.1, 0.15) is 70.3 Å². The fraction of sp³-hybridized carbons (Fsp3) is 0.692. The second kappa shape index (κ2) is 8.50. The number of hydrogen-bond donors (Lipinski definition) is 1. The van der Waals surface area contributed by atoms with Crippen LogP contribution in [-0.4, -0.2) is 29.7 Å². The molecule has 1 aromatic carbocycles. The van der Waals surface area contributed by atoms with Gasteiger partial charge < -0.3 is 14.2 Å². The second-order valence-electron chi connectivity index (χ2n) is 10.9. The SMILES string of the molecule is CC(=O)OCc1ccc(NC(=O)OC2CCCC3(C2)OOC2(O3)C3CC4CC(C3)CC2C4)cc1. The van der Waals surface area contributed by atoms with Crippen LogP contribution < -0.4 is 5.32 Å². The highest BCUT2D eigenvalue weighted by molar-refractivity contribution is 5.84. The quantitative estimate of drug-likeness (QED) is 0.484. The third-order valence-corrected chi connectivity index (χ3v) is 8.48. The van der Waals surface area contributed by atoms with Crippen molar-refractivity contribution in [2.75, 3.05) is 5.32 Å². The molecule has 5 saturated carbocycles. The van der Waals surface area contributed by atoms with Gasteiger partial charge in [0.15, 0.2) is 0 Å². The molecule has 2 atom stereocenters. The predicted octanol–water partition coefficient (Wildman–Crippen LogP) is 5.07. The van der Waals surface area contributed by atoms with E-state index in [1.165, 1.54) is 39.0 Å². The van der Waals surface area contributed by atoms with Gasteiger partial charge in [0, 0.05) is 37.3 Å². The van der Waals surface area contributed by atoms with Crippen molar-refractivity contribution in [1.29, 1.82) is 0 Å². The zero-order valence-electron chi connectivity index (χ0n) is 19.6. The predicted molar refractivity (Wildman–Crippen MR) is 120 cm³/mol. The summed E-state index contributed by atoms with van der Waals surface area (Å²) < 4.78 is 17.5. The zero-order chi connectivity index (χ0) is 23.3. The molecule has 34 heavy (non-hydrogen) atoms. The standard InChI is InChI=1S/C26H33NO7/c1-16(28)30-15-17-4-6-22(7-5-17)27-24(29)31-23-3-2-8-25(14-23)32-26(34-33-25)20-10-18-9-19(12-20)13-21(26)11-18/h4-7,18-21,23H,2-3,8-15H2,1H3,(H,27,29). The fourth-order valence-electron chi connectivity index (χ4n) is 7.20. The van der Waals surface area contributed by atoms with Crippen molar-refractivity contribution in [1.82, 2.24) is 0 Å². The summed E-state index contributed by atoms with van der Waals surface area (Å²) in [7, 11) is 0. The van der Waals surface area contributed by atoms with E-state index in [1.807, 2.05) is 0 Å². The number of carbonyl (C=O) groups is 2. The normalized spacial score (nSPS) is 40.0. The summed E-state index contributed by atoms with van der Waals surface area (Å²) >= 11 is 0. The lowest BCUT2D eigenvalue weighted by Crippen LogP contribution is -2.59. The molecule has 2 spiro atoms. The second-order valence-corrected chi connectivity index (χ2v) is 10.9. The van der Waals surface area contributed by atoms with Crippen LogP contribution in [0.2, 0.25) is 0 Å². The summed E-state index contributed by atoms with van der Waals surface area (Å²) in [5.74, 6) is 0.707. The lowest BCUT2D eigenvalue weighted by molar-refractivity contribution is -0.390. The average Bonchev–Trinajstić information content (AvgIpc) is 3.16. The Morgan fingerprint density at radius 2 is 1.74 bits per heavy atom. The lowest BCUT2D eigenvalue weighted by atomic mass is 9.53. The van der Waals surface area contributed by atoms with Crippen LogP contribution in [0.25, 0.3) is 0 Å². The molecule has 8 heteroatoms. The summed E-state index contributed by atoms with van der Waals surface area (Å²) in [6.07, 6.45) is 8.13. The van der Waals surface area contributed by atoms with Gasteiger partial charge in [0.1, 0.15) is 12.7 Å². The number of nitrogens with one attached hydrogen (secondary N) is 1. The molecule has 6 aliphatic rings. The van der Waals surface area contributed by atoms with Gasteiger partial charge in [-0.25, -0.2) is 4.79 Å². The van der Waals surface area contributed by atoms with Gasteiger partial charge in [-0.05, 0) is 74.5 Å². The molecule has 184 valence electrons. The number of carbonyl (C=O) groups excluding carboxylic acids is 2. The highest BCUT2D eigenvalue weighted by Gasteiger charge is 2.67. The molecule has 7 rings (SSSR count). The van der Waals surface area contributed by atoms with E-state index in [4.69, 9.17) is 24.0 Å². The first-order valence-electron chi connectivity index (χ1n) is 12.7. The minimum atomic E-state index is -0.822. The summed E-state index contributed by atoms with van der Waals surface area (Å²) in [5, 5.41) is 2.78. The maximum Gasteiger partial charge on any atom is 0.411 e. The number of rotatable bonds is 4. The smallest absolute Gasteiger partial charge is 0.411 e. The van der Waals surface area contributed by atoms with E-state index in [-0.39, 0.29) is 18.7 Å². The number of amides is 1. The first kappa shape index (κ1) is 22.3. The first-order valence-corrected chi connectivity index (χ1v) is 12.7. The molecule has 6 fully saturated rings. The molecule has 8 nitrogen and oxygen atoms in total. The van der Waals surface area contributed by atoms with Gasteiger partial charge in [-0.3, -0.25) is 10.1 Å². The summed E-state index contributed by atoms with van der Waals surface area (Å²) in [4.78, 5) is 35.6. The number of hydrogen-bond acceptors (Lipinski definition) is 7. The third-order valence-electron chi connectivity index (χ3n) is 8.48. The van der Waals surface area contributed by atoms with Crippen LogP contribution in [0.5, 0.6) is 0 Å². The molecule has 2 unspecified atom stereocenters. The van der Waals surface area contributed by atoms with E-state index in [2.05, 4.69) is 5.32 Å². The molecule has 1 N–H and O–H groups in total. The van der Waals surface area contributed by atoms with Crippen LogP contribution in [0.15, 0.2) is 24.3 Å². The molecular weight excluding hydrogens is 438 g/mol. The maximum absolute atomic E-state index is 12.6. The van der Waals surface area contributed by atoms with E-state index in [0.717, 1.165) is 36.7 Å². The van der Waals surface area contributed by atoms with E-state index >= 15 is 0 Å². The number of benzene rings is 1. The maximum atomic E-state index is 12.6. The molecule has 0 aromatic heterocycles. The van der Waals surface area contributed by atoms with E-state index in [9.17, 15) is 9.59 Å². The van der Waals surface area contributed by atoms with Crippen LogP contribution in [0.3, 0.4) is 0 Å². The Morgan fingerprint density at radius 3 is 2.41 bits per heavy atom. The van der Waals surface area contributed by atoms with Crippen molar-refractivity contribution in [3.63, 3.8) is 0 Å². The molecule has 1 heterocycles. The molecule has 1 aromatic rings. The van der Waals surface area contributed by atoms with Gasteiger partial charge in [0.25, 0.3) is 0 Å². The van der Waals surface area contributed by atoms with Crippen LogP contribution in [0.4, 0.5) is 10.5 Å². The van der Waals surface area contributed by atoms with Gasteiger partial charge in [0.2, 0.25) is 11.6 Å². The molecule has 4 bridgehead atoms. The first-order chi connectivity index (χ1) is 16.4. The molecule has 1 aliphatic heterocycles. The molecule has 5 aliphatic carbocycles. The van der Waals surface area contributed by atoms with Crippen molar-refractivity contribution in [2.45, 2.75) is 89.0 Å². The molecule has 1 amide bonds. The topological polar surface area (TPSA) is 92.3 Å². The third kappa shape index (κ3) is 4.10. The highest BCUT2D eigenvalue weighted by Crippen LogP contribution is 2.63. The van der Waals surface area contributed by atoms with Gasteiger partial charge in [0.05, 0.1) is 0 Å². The van der Waals surface area contributed by atoms with Crippen molar-refractivity contribution in [3.8, 4) is 0 Å². The van der Waals surface area contributed by atoms with Crippen LogP contribution >= 0.6 is 0 Å². The Bertz CT molecular complexity index is 919. The number of ether oxygens (including phenoxy) is 3. The summed E-state index contributed by atoms with van der Waals surface area (Å²) in [6.45, 7) is 1.58. The van der Waals surface area contributed by atoms with Crippen molar-refractivity contribution in [3.05, 3.63) is 29.8 Å². The molecule has 0 radical (unpaired) electrons. The van der Waals surface area contributed by atoms with Gasteiger partial charge in [-0.2, -0.15) is 9.78 Å². The average molecular weight is 472 g/mol. The fourth-order valence-corrected chi connectivity index (χ4v) is 7.20. The Kier molecular flexibility index (Phi) is 5.58. The number of esters is 1. The zero-order valence-corrected chi connectivity index (χ0v) is 19.6. The van der Waals surface area contributed by atoms with Crippen LogP contribution in [-0.2, 0) is 35.4 Å². The Labute approximate surface area is 199 Å². The molecule has 1 saturated heterocycles. The van der Waals surface area contributed by atoms with E-state index in [1.54, 1.807) is 24.3 Å². The minimum absolute atomic E-state index is 0.205. The Morgan fingerprint density at radius 1 is 1.03 bits per heavy atom. The Balaban J connectivity index is 1.05. The van der Waals surface area contributed by atoms with E-state index < -0.39 is 17.7 Å². The Hall–Kier alpha value is -2.16. The van der Waals surface area contributed by atoms with Crippen molar-refractivity contribution < 1.29 is 33.6 Å². The van der Waals surface area contributed by atoms with Gasteiger partial charge >= 0.3 is 12.1 Å². The summed E-state index contributed by atoms with van der Waals surface area (Å²) in [5.41, 5.74) is 1.46. The summed E-state index contributed by atoms with van der Waals surface area (Å²) in [6, 6.07) is 7.12. The van der Waals surface area contributed by atoms with Crippen molar-refractivity contribution in [2.24, 2.45) is 23.7 Å². The minimum Gasteiger partial charge on any atom is -0.461 e. The number of anilines is 1. The monoisotopic (exact) mass is 471 g/mol. The highest BCUT2D eigenvalue weighted by atomic mass is 17.3. The van der Waals surface area contributed by atoms with E-state index in [0.29, 0.717) is 23.9 Å².